The summed E-state index contributed by atoms with van der Waals surface area (Å²) in [6.45, 7) is 18.2. The molecule has 1 rings (SSSR count). The van der Waals surface area contributed by atoms with Crippen molar-refractivity contribution in [1.29, 1.82) is 0 Å². The predicted octanol–water partition coefficient (Wildman–Crippen LogP) is 4.44. The monoisotopic (exact) mass is 477 g/mol. The number of benzene rings is 1. The number of phenolic OH excluding ortho intramolecular Hbond substituents is 1. The molecule has 3 amide bonds. The number of carbonyl (C=O) groups excluding carboxylic acids is 3. The van der Waals surface area contributed by atoms with E-state index in [1.165, 1.54) is 11.0 Å². The molecule has 0 saturated heterocycles. The molecule has 192 valence electrons. The molecule has 8 heteroatoms. The molecule has 0 saturated carbocycles. The number of hydrogen-bond acceptors (Lipinski definition) is 5. The molecule has 0 radical (unpaired) electrons. The average molecular weight is 478 g/mol. The third-order valence-corrected chi connectivity index (χ3v) is 5.46. The van der Waals surface area contributed by atoms with Gasteiger partial charge in [0.1, 0.15) is 23.4 Å². The number of aromatic hydroxyl groups is 1. The first kappa shape index (κ1) is 29.3. The van der Waals surface area contributed by atoms with Gasteiger partial charge in [0.15, 0.2) is 0 Å². The first-order valence-electron chi connectivity index (χ1n) is 12.0. The Balaban J connectivity index is 3.53. The maximum absolute atomic E-state index is 14.0. The molecule has 3 atom stereocenters. The normalized spacial score (nSPS) is 14.4. The second-order valence-electron chi connectivity index (χ2n) is 10.5. The third kappa shape index (κ3) is 8.22. The number of amides is 3. The molecule has 0 aliphatic rings. The van der Waals surface area contributed by atoms with Gasteiger partial charge in [0, 0.05) is 12.1 Å². The van der Waals surface area contributed by atoms with E-state index in [9.17, 15) is 19.5 Å². The van der Waals surface area contributed by atoms with Crippen molar-refractivity contribution in [3.8, 4) is 5.75 Å². The van der Waals surface area contributed by atoms with Gasteiger partial charge in [-0.2, -0.15) is 0 Å². The summed E-state index contributed by atoms with van der Waals surface area (Å²) in [4.78, 5) is 41.5. The van der Waals surface area contributed by atoms with Gasteiger partial charge in [-0.05, 0) is 84.6 Å². The average Bonchev–Trinajstić information content (AvgIpc) is 2.69. The smallest absolute Gasteiger partial charge is 0.408 e. The van der Waals surface area contributed by atoms with Crippen molar-refractivity contribution in [2.24, 2.45) is 5.92 Å². The summed E-state index contributed by atoms with van der Waals surface area (Å²) in [5.41, 5.74) is 0.464. The van der Waals surface area contributed by atoms with E-state index >= 15 is 0 Å². The summed E-state index contributed by atoms with van der Waals surface area (Å²) in [7, 11) is 0. The van der Waals surface area contributed by atoms with Crippen molar-refractivity contribution in [2.45, 2.75) is 105 Å². The number of nitrogens with one attached hydrogen (secondary N) is 2. The number of carbonyl (C=O) groups is 3. The van der Waals surface area contributed by atoms with Crippen LogP contribution in [0.15, 0.2) is 18.2 Å². The van der Waals surface area contributed by atoms with Gasteiger partial charge < -0.3 is 25.4 Å². The van der Waals surface area contributed by atoms with Gasteiger partial charge in [-0.3, -0.25) is 9.59 Å². The van der Waals surface area contributed by atoms with Crippen LogP contribution in [0.2, 0.25) is 0 Å². The van der Waals surface area contributed by atoms with Crippen molar-refractivity contribution in [3.63, 3.8) is 0 Å². The molecule has 0 bridgehead atoms. The highest BCUT2D eigenvalue weighted by atomic mass is 16.6. The number of nitrogens with zero attached hydrogens (tertiary/aromatic N) is 1. The topological polar surface area (TPSA) is 108 Å². The molecule has 0 heterocycles. The van der Waals surface area contributed by atoms with E-state index in [1.807, 2.05) is 41.5 Å². The summed E-state index contributed by atoms with van der Waals surface area (Å²) >= 11 is 0. The van der Waals surface area contributed by atoms with Gasteiger partial charge in [0.25, 0.3) is 0 Å². The summed E-state index contributed by atoms with van der Waals surface area (Å²) < 4.78 is 5.40. The van der Waals surface area contributed by atoms with Gasteiger partial charge in [0.05, 0.1) is 0 Å². The minimum atomic E-state index is -0.943. The fourth-order valence-corrected chi connectivity index (χ4v) is 3.61. The largest absolute Gasteiger partial charge is 0.508 e. The second-order valence-corrected chi connectivity index (χ2v) is 10.5. The molecule has 3 N–H and O–H groups in total. The van der Waals surface area contributed by atoms with Gasteiger partial charge in [-0.25, -0.2) is 4.79 Å². The summed E-state index contributed by atoms with van der Waals surface area (Å²) in [6.07, 6.45) is -0.0437. The Morgan fingerprint density at radius 3 is 2.09 bits per heavy atom. The van der Waals surface area contributed by atoms with Crippen LogP contribution in [0.1, 0.15) is 85.9 Å². The van der Waals surface area contributed by atoms with E-state index in [0.717, 1.165) is 0 Å². The van der Waals surface area contributed by atoms with E-state index in [1.54, 1.807) is 39.8 Å². The van der Waals surface area contributed by atoms with Gasteiger partial charge in [-0.15, -0.1) is 0 Å². The van der Waals surface area contributed by atoms with Gasteiger partial charge in [0.2, 0.25) is 11.8 Å². The Bertz CT molecular complexity index is 860. The molecule has 0 aliphatic heterocycles. The van der Waals surface area contributed by atoms with Crippen LogP contribution in [0.25, 0.3) is 0 Å². The Hall–Kier alpha value is -2.77. The fourth-order valence-electron chi connectivity index (χ4n) is 3.61. The highest BCUT2D eigenvalue weighted by molar-refractivity contribution is 5.92. The molecule has 1 aromatic carbocycles. The van der Waals surface area contributed by atoms with Crippen LogP contribution in [0.4, 0.5) is 4.79 Å². The fraction of sp³-hybridized carbons (Fsp3) is 0.654. The molecule has 0 aliphatic carbocycles. The molecule has 34 heavy (non-hydrogen) atoms. The van der Waals surface area contributed by atoms with Crippen molar-refractivity contribution < 1.29 is 24.2 Å². The molecule has 0 fully saturated rings. The Morgan fingerprint density at radius 1 is 1.06 bits per heavy atom. The lowest BCUT2D eigenvalue weighted by Crippen LogP contribution is -2.57. The quantitative estimate of drug-likeness (QED) is 0.487. The number of alkyl carbamates (subject to hydrolysis) is 1. The number of aryl methyl sites for hydroxylation is 1. The van der Waals surface area contributed by atoms with E-state index in [2.05, 4.69) is 10.6 Å². The van der Waals surface area contributed by atoms with Crippen LogP contribution < -0.4 is 10.6 Å². The zero-order chi connectivity index (χ0) is 26.4. The van der Waals surface area contributed by atoms with E-state index in [-0.39, 0.29) is 35.6 Å². The molecule has 0 spiro atoms. The van der Waals surface area contributed by atoms with Crippen LogP contribution in [0.5, 0.6) is 5.75 Å². The summed E-state index contributed by atoms with van der Waals surface area (Å²) in [5, 5.41) is 15.7. The molecular formula is C26H43N3O5. The molecule has 8 nitrogen and oxygen atoms in total. The zero-order valence-corrected chi connectivity index (χ0v) is 22.4. The SMILES string of the molecule is CCC(C)C(NC(=O)OC(C)(C)C)C(=O)N(C(C)C)C(C(=O)NC(C)C)c1ccc(O)c(C)c1. The van der Waals surface area contributed by atoms with Crippen LogP contribution in [-0.2, 0) is 14.3 Å². The van der Waals surface area contributed by atoms with Crippen molar-refractivity contribution in [1.82, 2.24) is 15.5 Å². The van der Waals surface area contributed by atoms with Crippen molar-refractivity contribution >= 4 is 17.9 Å². The first-order chi connectivity index (χ1) is 15.6. The highest BCUT2D eigenvalue weighted by Gasteiger charge is 2.39. The van der Waals surface area contributed by atoms with Crippen LogP contribution in [-0.4, -0.2) is 51.6 Å². The highest BCUT2D eigenvalue weighted by Crippen LogP contribution is 2.29. The third-order valence-electron chi connectivity index (χ3n) is 5.46. The Kier molecular flexibility index (Phi) is 10.4. The Labute approximate surface area is 204 Å². The maximum atomic E-state index is 14.0. The standard InChI is InChI=1S/C26H43N3O5/c1-11-17(6)21(28-25(33)34-26(8,9)10)24(32)29(16(4)5)22(23(31)27-15(2)3)19-12-13-20(30)18(7)14-19/h12-17,21-22,30H,11H2,1-10H3,(H,27,31)(H,28,33). The minimum absolute atomic E-state index is 0.110. The molecule has 1 aromatic rings. The van der Waals surface area contributed by atoms with E-state index < -0.39 is 23.8 Å². The number of phenols is 1. The zero-order valence-electron chi connectivity index (χ0n) is 22.4. The summed E-state index contributed by atoms with van der Waals surface area (Å²) in [5.74, 6) is -0.790. The van der Waals surface area contributed by atoms with E-state index in [0.29, 0.717) is 17.5 Å². The second kappa shape index (κ2) is 12.1. The first-order valence-corrected chi connectivity index (χ1v) is 12.0. The lowest BCUT2D eigenvalue weighted by atomic mass is 9.94. The number of ether oxygens (including phenoxy) is 1. The van der Waals surface area contributed by atoms with E-state index in [4.69, 9.17) is 4.74 Å². The molecule has 0 aromatic heterocycles. The van der Waals surface area contributed by atoms with Crippen molar-refractivity contribution in [2.75, 3.05) is 0 Å². The van der Waals surface area contributed by atoms with Gasteiger partial charge in [-0.1, -0.05) is 26.3 Å². The maximum Gasteiger partial charge on any atom is 0.408 e. The summed E-state index contributed by atoms with van der Waals surface area (Å²) in [6, 6.07) is 2.57. The number of rotatable bonds is 9. The lowest BCUT2D eigenvalue weighted by Gasteiger charge is -2.38. The molecular weight excluding hydrogens is 434 g/mol. The van der Waals surface area contributed by atoms with Crippen LogP contribution in [0, 0.1) is 12.8 Å². The minimum Gasteiger partial charge on any atom is -0.508 e. The Morgan fingerprint density at radius 2 is 1.65 bits per heavy atom. The lowest BCUT2D eigenvalue weighted by molar-refractivity contribution is -0.145. The van der Waals surface area contributed by atoms with Crippen LogP contribution >= 0.6 is 0 Å². The van der Waals surface area contributed by atoms with Crippen LogP contribution in [0.3, 0.4) is 0 Å². The van der Waals surface area contributed by atoms with Gasteiger partial charge >= 0.3 is 6.09 Å². The number of hydrogen-bond donors (Lipinski definition) is 3. The molecule has 3 unspecified atom stereocenters. The van der Waals surface area contributed by atoms with Crippen molar-refractivity contribution in [3.05, 3.63) is 29.3 Å². The predicted molar refractivity (Wildman–Crippen MR) is 133 cm³/mol.